The van der Waals surface area contributed by atoms with Crippen molar-refractivity contribution in [2.24, 2.45) is 0 Å². The fourth-order valence-corrected chi connectivity index (χ4v) is 21.2. The van der Waals surface area contributed by atoms with Crippen LogP contribution in [0, 0.1) is 0 Å². The Morgan fingerprint density at radius 3 is 0.824 bits per heavy atom. The Hall–Kier alpha value is 2.73. The van der Waals surface area contributed by atoms with Crippen LogP contribution in [0.4, 0.5) is 0 Å². The summed E-state index contributed by atoms with van der Waals surface area (Å²) in [6.45, 7) is 0. The summed E-state index contributed by atoms with van der Waals surface area (Å²) >= 11 is 14.7. The molecular weight excluding hydrogens is 696 g/mol. The highest BCUT2D eigenvalue weighted by Crippen LogP contribution is 2.49. The van der Waals surface area contributed by atoms with Gasteiger partial charge in [0.05, 0.1) is 0 Å². The van der Waals surface area contributed by atoms with Gasteiger partial charge in [-0.1, -0.05) is 0 Å². The van der Waals surface area contributed by atoms with Gasteiger partial charge in [0.2, 0.25) is 2.95 Å². The maximum atomic E-state index is 11.6. The first-order valence-electron chi connectivity index (χ1n) is 2.88. The van der Waals surface area contributed by atoms with Gasteiger partial charge in [-0.05, 0) is 95.6 Å². The van der Waals surface area contributed by atoms with Gasteiger partial charge in [-0.2, -0.15) is 8.42 Å². The van der Waals surface area contributed by atoms with Crippen molar-refractivity contribution < 1.29 is 25.3 Å². The zero-order chi connectivity index (χ0) is 14.5. The van der Waals surface area contributed by atoms with Crippen LogP contribution in [0.15, 0.2) is 0 Å². The van der Waals surface area contributed by atoms with Crippen LogP contribution in [0.5, 0.6) is 0 Å². The van der Waals surface area contributed by atoms with Crippen molar-refractivity contribution in [1.82, 2.24) is 0 Å². The average Bonchev–Trinajstić information content (AvgIpc) is 1.98. The summed E-state index contributed by atoms with van der Waals surface area (Å²) < 4.78 is 65.0. The summed E-state index contributed by atoms with van der Waals surface area (Å²) in [4.78, 5) is 0. The van der Waals surface area contributed by atoms with E-state index in [4.69, 9.17) is 0 Å². The monoisotopic (exact) mass is 689 g/mol. The second-order valence-electron chi connectivity index (χ2n) is 2.21. The normalized spacial score (nSPS) is 15.9. The summed E-state index contributed by atoms with van der Waals surface area (Å²) in [5.74, 6) is 0. The maximum Gasteiger partial charge on any atom is 0.363 e. The first-order chi connectivity index (χ1) is 7.00. The lowest BCUT2D eigenvalue weighted by Gasteiger charge is -2.17. The first-order valence-corrected chi connectivity index (χ1v) is 13.1. The molecule has 0 fully saturated rings. The van der Waals surface area contributed by atoms with Crippen LogP contribution >= 0.6 is 95.6 Å². The van der Waals surface area contributed by atoms with Gasteiger partial charge in [0.1, 0.15) is 0 Å². The predicted octanol–water partition coefficient (Wildman–Crippen LogP) is 2.65. The van der Waals surface area contributed by atoms with Crippen molar-refractivity contribution in [3.63, 3.8) is 0 Å². The molecule has 0 aliphatic heterocycles. The number of hydrogen-bond acceptors (Lipinski definition) is 6. The Morgan fingerprint density at radius 1 is 0.529 bits per heavy atom. The molecule has 0 bridgehead atoms. The van der Waals surface area contributed by atoms with E-state index in [0.717, 1.165) is 0 Å². The SMILES string of the molecule is O=S(=O)(C(Br)(Br)Br)S(=O)(=O)S(=O)(=O)C(Br)(Br)Br. The topological polar surface area (TPSA) is 102 Å². The number of halogens is 6. The summed E-state index contributed by atoms with van der Waals surface area (Å²) in [5.41, 5.74) is 0. The summed E-state index contributed by atoms with van der Waals surface area (Å²) in [6, 6.07) is 0. The van der Waals surface area contributed by atoms with Crippen molar-refractivity contribution in [2.45, 2.75) is 2.95 Å². The number of hydrogen-bond donors (Lipinski definition) is 0. The van der Waals surface area contributed by atoms with E-state index in [-0.39, 0.29) is 0 Å². The minimum absolute atomic E-state index is 2.32. The molecule has 0 radical (unpaired) electrons. The van der Waals surface area contributed by atoms with Crippen LogP contribution in [0.3, 0.4) is 0 Å². The average molecular weight is 696 g/mol. The molecule has 0 aliphatic rings. The highest BCUT2D eigenvalue weighted by Gasteiger charge is 2.59. The molecule has 0 amide bonds. The highest BCUT2D eigenvalue weighted by molar-refractivity contribution is 9.46. The van der Waals surface area contributed by atoms with E-state index in [9.17, 15) is 25.3 Å². The van der Waals surface area contributed by atoms with E-state index in [1.54, 1.807) is 0 Å². The van der Waals surface area contributed by atoms with Gasteiger partial charge >= 0.3 is 25.6 Å². The van der Waals surface area contributed by atoms with Gasteiger partial charge in [0, 0.05) is 0 Å². The van der Waals surface area contributed by atoms with Crippen molar-refractivity contribution in [1.29, 1.82) is 0 Å². The Morgan fingerprint density at radius 2 is 0.706 bits per heavy atom. The number of rotatable bonds is 2. The lowest BCUT2D eigenvalue weighted by molar-refractivity contribution is 0.580. The molecule has 0 aromatic carbocycles. The standard InChI is InChI=1S/C2Br6O6S3/c3-1(4,5)15(9,10)17(13,14)16(11,12)2(6,7)8. The van der Waals surface area contributed by atoms with Crippen LogP contribution in [0.2, 0.25) is 0 Å². The van der Waals surface area contributed by atoms with E-state index >= 15 is 0 Å². The van der Waals surface area contributed by atoms with Crippen LogP contribution in [0.25, 0.3) is 0 Å². The maximum absolute atomic E-state index is 11.6. The Bertz CT molecular complexity index is 550. The lowest BCUT2D eigenvalue weighted by atomic mass is 11.9. The molecule has 0 N–H and O–H groups in total. The quantitative estimate of drug-likeness (QED) is 0.326. The minimum atomic E-state index is -5.59. The van der Waals surface area contributed by atoms with Gasteiger partial charge in [-0.25, -0.2) is 16.8 Å². The second kappa shape index (κ2) is 5.50. The van der Waals surface area contributed by atoms with E-state index in [1.165, 1.54) is 0 Å². The summed E-state index contributed by atoms with van der Waals surface area (Å²) in [5, 5.41) is 0. The van der Waals surface area contributed by atoms with Gasteiger partial charge in [0.15, 0.2) is 0 Å². The fraction of sp³-hybridized carbons (Fsp3) is 1.00. The van der Waals surface area contributed by atoms with Crippen molar-refractivity contribution in [3.8, 4) is 0 Å². The molecule has 0 unspecified atom stereocenters. The Balaban J connectivity index is 6.37. The van der Waals surface area contributed by atoms with E-state index < -0.39 is 28.6 Å². The van der Waals surface area contributed by atoms with Gasteiger partial charge in [-0.3, -0.25) is 0 Å². The molecule has 0 saturated heterocycles. The minimum Gasteiger partial charge on any atom is -0.208 e. The van der Waals surface area contributed by atoms with Crippen LogP contribution in [-0.2, 0) is 25.6 Å². The molecule has 17 heavy (non-hydrogen) atoms. The number of alkyl halides is 6. The molecule has 0 aromatic heterocycles. The second-order valence-corrected chi connectivity index (χ2v) is 28.6. The highest BCUT2D eigenvalue weighted by atomic mass is 80.0. The molecule has 0 aliphatic carbocycles. The van der Waals surface area contributed by atoms with E-state index in [2.05, 4.69) is 95.6 Å². The fourth-order valence-electron chi connectivity index (χ4n) is 0.349. The Kier molecular flexibility index (Phi) is 6.38. The molecule has 0 saturated carbocycles. The largest absolute Gasteiger partial charge is 0.363 e. The molecule has 0 heterocycles. The van der Waals surface area contributed by atoms with E-state index in [1.807, 2.05) is 0 Å². The van der Waals surface area contributed by atoms with E-state index in [0.29, 0.717) is 0 Å². The zero-order valence-electron chi connectivity index (χ0n) is 6.94. The van der Waals surface area contributed by atoms with Gasteiger partial charge in [-0.15, -0.1) is 0 Å². The molecule has 6 nitrogen and oxygen atoms in total. The molecule has 0 spiro atoms. The van der Waals surface area contributed by atoms with Gasteiger partial charge < -0.3 is 0 Å². The third kappa shape index (κ3) is 3.49. The van der Waals surface area contributed by atoms with Crippen molar-refractivity contribution in [2.75, 3.05) is 0 Å². The summed E-state index contributed by atoms with van der Waals surface area (Å²) in [6.07, 6.45) is 0. The van der Waals surface area contributed by atoms with Crippen LogP contribution in [0.1, 0.15) is 0 Å². The third-order valence-corrected chi connectivity index (χ3v) is 22.8. The van der Waals surface area contributed by atoms with Crippen molar-refractivity contribution in [3.05, 3.63) is 0 Å². The van der Waals surface area contributed by atoms with Crippen LogP contribution < -0.4 is 0 Å². The van der Waals surface area contributed by atoms with Crippen molar-refractivity contribution >= 4 is 121 Å². The molecule has 0 rings (SSSR count). The smallest absolute Gasteiger partial charge is 0.208 e. The molecule has 0 atom stereocenters. The predicted molar refractivity (Wildman–Crippen MR) is 85.8 cm³/mol. The third-order valence-electron chi connectivity index (χ3n) is 1.10. The molecule has 104 valence electrons. The Labute approximate surface area is 147 Å². The van der Waals surface area contributed by atoms with Gasteiger partial charge in [0.25, 0.3) is 0 Å². The van der Waals surface area contributed by atoms with Crippen LogP contribution in [-0.4, -0.2) is 28.2 Å². The first kappa shape index (κ1) is 19.7. The lowest BCUT2D eigenvalue weighted by Crippen LogP contribution is -2.37. The molecule has 15 heteroatoms. The summed E-state index contributed by atoms with van der Waals surface area (Å²) in [7, 11) is -15.9. The zero-order valence-corrected chi connectivity index (χ0v) is 18.9. The molecule has 0 aromatic rings. The molecular formula is C2Br6O6S3.